The Balaban J connectivity index is 1.46. The molecule has 1 aromatic carbocycles. The Labute approximate surface area is 146 Å². The fraction of sp³-hybridized carbons (Fsp3) is 0.263. The van der Waals surface area contributed by atoms with E-state index in [-0.39, 0.29) is 0 Å². The van der Waals surface area contributed by atoms with Gasteiger partial charge >= 0.3 is 0 Å². The number of rotatable bonds is 4. The number of aromatic nitrogens is 4. The molecule has 6 heteroatoms. The van der Waals surface area contributed by atoms with Gasteiger partial charge in [-0.05, 0) is 31.9 Å². The average Bonchev–Trinajstić information content (AvgIpc) is 3.17. The molecule has 6 nitrogen and oxygen atoms in total. The van der Waals surface area contributed by atoms with E-state index in [1.165, 1.54) is 24.1 Å². The van der Waals surface area contributed by atoms with E-state index in [0.717, 1.165) is 29.7 Å². The van der Waals surface area contributed by atoms with Crippen LogP contribution in [-0.4, -0.2) is 19.7 Å². The number of fused-ring (bicyclic) bond motifs is 1. The quantitative estimate of drug-likeness (QED) is 0.765. The van der Waals surface area contributed by atoms with Crippen molar-refractivity contribution in [3.05, 3.63) is 66.0 Å². The van der Waals surface area contributed by atoms with Crippen LogP contribution in [0.5, 0.6) is 0 Å². The second kappa shape index (κ2) is 5.51. The molecule has 0 radical (unpaired) electrons. The van der Waals surface area contributed by atoms with Gasteiger partial charge in [0, 0.05) is 42.0 Å². The number of aromatic amines is 1. The van der Waals surface area contributed by atoms with Crippen LogP contribution in [-0.2, 0) is 6.54 Å². The number of H-pyrrole nitrogens is 1. The van der Waals surface area contributed by atoms with E-state index in [2.05, 4.69) is 73.4 Å². The number of nitrogens with zero attached hydrogens (tertiary/aromatic N) is 4. The van der Waals surface area contributed by atoms with E-state index < -0.39 is 0 Å². The molecule has 2 N–H and O–H groups in total. The Morgan fingerprint density at radius 1 is 1.20 bits per heavy atom. The molecule has 3 aromatic rings. The summed E-state index contributed by atoms with van der Waals surface area (Å²) in [4.78, 5) is 6.70. The Bertz CT molecular complexity index is 929. The summed E-state index contributed by atoms with van der Waals surface area (Å²) in [5.74, 6) is 3.46. The molecule has 0 spiro atoms. The zero-order valence-corrected chi connectivity index (χ0v) is 14.1. The fourth-order valence-corrected chi connectivity index (χ4v) is 3.21. The second-order valence-electron chi connectivity index (χ2n) is 6.80. The fourth-order valence-electron chi connectivity index (χ4n) is 3.21. The Morgan fingerprint density at radius 3 is 2.84 bits per heavy atom. The van der Waals surface area contributed by atoms with Crippen LogP contribution in [0.2, 0.25) is 0 Å². The minimum Gasteiger partial charge on any atom is -0.337 e. The van der Waals surface area contributed by atoms with Crippen LogP contribution < -0.4 is 10.2 Å². The summed E-state index contributed by atoms with van der Waals surface area (Å²) in [6.07, 6.45) is 8.46. The molecule has 1 fully saturated rings. The summed E-state index contributed by atoms with van der Waals surface area (Å²) in [6.45, 7) is 2.85. The molecule has 126 valence electrons. The van der Waals surface area contributed by atoms with Crippen LogP contribution in [0.15, 0.2) is 48.9 Å². The topological polar surface area (TPSA) is 61.8 Å². The summed E-state index contributed by atoms with van der Waals surface area (Å²) in [7, 11) is 0. The van der Waals surface area contributed by atoms with Crippen molar-refractivity contribution < 1.29 is 0 Å². The van der Waals surface area contributed by atoms with Crippen molar-refractivity contribution in [2.75, 3.05) is 10.2 Å². The highest BCUT2D eigenvalue weighted by Gasteiger charge is 2.26. The van der Waals surface area contributed by atoms with Gasteiger partial charge < -0.3 is 10.2 Å². The number of anilines is 2. The SMILES string of the molecule is Cc1ccc(N2C=C(Nc3cc(C4CC4)[nH]n3)n3ccnc3C2)cc1. The first-order valence-electron chi connectivity index (χ1n) is 8.66. The lowest BCUT2D eigenvalue weighted by Gasteiger charge is -2.28. The van der Waals surface area contributed by atoms with E-state index in [9.17, 15) is 0 Å². The van der Waals surface area contributed by atoms with Gasteiger partial charge in [0.15, 0.2) is 5.82 Å². The van der Waals surface area contributed by atoms with Gasteiger partial charge in [-0.25, -0.2) is 4.98 Å². The van der Waals surface area contributed by atoms with Crippen LogP contribution >= 0.6 is 0 Å². The highest BCUT2D eigenvalue weighted by Crippen LogP contribution is 2.39. The molecule has 0 amide bonds. The summed E-state index contributed by atoms with van der Waals surface area (Å²) in [5, 5.41) is 11.0. The number of aryl methyl sites for hydroxylation is 1. The van der Waals surface area contributed by atoms with E-state index >= 15 is 0 Å². The molecule has 2 aliphatic rings. The van der Waals surface area contributed by atoms with Crippen LogP contribution in [0, 0.1) is 6.92 Å². The number of hydrogen-bond acceptors (Lipinski definition) is 4. The maximum atomic E-state index is 4.50. The van der Waals surface area contributed by atoms with Gasteiger partial charge in [0.2, 0.25) is 0 Å². The molecular weight excluding hydrogens is 312 g/mol. The predicted octanol–water partition coefficient (Wildman–Crippen LogP) is 3.68. The summed E-state index contributed by atoms with van der Waals surface area (Å²) in [5.41, 5.74) is 3.63. The first kappa shape index (κ1) is 14.3. The van der Waals surface area contributed by atoms with Crippen LogP contribution in [0.1, 0.15) is 35.8 Å². The third kappa shape index (κ3) is 2.69. The average molecular weight is 332 g/mol. The Kier molecular flexibility index (Phi) is 3.16. The molecule has 1 aliphatic heterocycles. The van der Waals surface area contributed by atoms with Crippen molar-refractivity contribution >= 4 is 17.3 Å². The molecule has 0 bridgehead atoms. The molecular formula is C19H20N6. The zero-order chi connectivity index (χ0) is 16.8. The maximum Gasteiger partial charge on any atom is 0.153 e. The molecule has 0 unspecified atom stereocenters. The lowest BCUT2D eigenvalue weighted by atomic mass is 10.2. The lowest BCUT2D eigenvalue weighted by Crippen LogP contribution is -2.27. The van der Waals surface area contributed by atoms with E-state index in [4.69, 9.17) is 0 Å². The first-order chi connectivity index (χ1) is 12.3. The molecule has 1 saturated carbocycles. The van der Waals surface area contributed by atoms with Gasteiger partial charge in [0.25, 0.3) is 0 Å². The minimum absolute atomic E-state index is 0.663. The molecule has 2 aromatic heterocycles. The minimum atomic E-state index is 0.663. The molecule has 0 saturated heterocycles. The lowest BCUT2D eigenvalue weighted by molar-refractivity contribution is 0.805. The Hall–Kier alpha value is -3.02. The van der Waals surface area contributed by atoms with Gasteiger partial charge in [-0.1, -0.05) is 17.7 Å². The molecule has 25 heavy (non-hydrogen) atoms. The van der Waals surface area contributed by atoms with Gasteiger partial charge in [-0.3, -0.25) is 9.67 Å². The van der Waals surface area contributed by atoms with Crippen LogP contribution in [0.25, 0.3) is 5.82 Å². The van der Waals surface area contributed by atoms with Crippen molar-refractivity contribution in [3.63, 3.8) is 0 Å². The number of imidazole rings is 1. The standard InChI is InChI=1S/C19H20N6/c1-13-2-6-15(7-3-13)24-11-18-20-8-9-25(18)19(12-24)21-17-10-16(22-23-17)14-4-5-14/h2-3,6-10,12,14H,4-5,11H2,1H3,(H2,21,22,23). The first-order valence-corrected chi connectivity index (χ1v) is 8.66. The van der Waals surface area contributed by atoms with Gasteiger partial charge in [0.05, 0.1) is 6.54 Å². The van der Waals surface area contributed by atoms with Crippen LogP contribution in [0.4, 0.5) is 11.5 Å². The summed E-state index contributed by atoms with van der Waals surface area (Å²) >= 11 is 0. The third-order valence-corrected chi connectivity index (χ3v) is 4.80. The largest absolute Gasteiger partial charge is 0.337 e. The van der Waals surface area contributed by atoms with Gasteiger partial charge in [-0.2, -0.15) is 5.10 Å². The van der Waals surface area contributed by atoms with Gasteiger partial charge in [-0.15, -0.1) is 0 Å². The molecule has 3 heterocycles. The number of hydrogen-bond donors (Lipinski definition) is 2. The van der Waals surface area contributed by atoms with Crippen LogP contribution in [0.3, 0.4) is 0 Å². The van der Waals surface area contributed by atoms with E-state index in [1.807, 2.05) is 12.4 Å². The number of benzene rings is 1. The van der Waals surface area contributed by atoms with Crippen molar-refractivity contribution in [1.29, 1.82) is 0 Å². The summed E-state index contributed by atoms with van der Waals surface area (Å²) in [6, 6.07) is 10.7. The van der Waals surface area contributed by atoms with E-state index in [0.29, 0.717) is 5.92 Å². The third-order valence-electron chi connectivity index (χ3n) is 4.80. The van der Waals surface area contributed by atoms with Crippen molar-refractivity contribution in [2.24, 2.45) is 0 Å². The molecule has 5 rings (SSSR count). The molecule has 0 atom stereocenters. The highest BCUT2D eigenvalue weighted by atomic mass is 15.3. The Morgan fingerprint density at radius 2 is 2.04 bits per heavy atom. The second-order valence-corrected chi connectivity index (χ2v) is 6.80. The number of nitrogens with one attached hydrogen (secondary N) is 2. The normalized spacial score (nSPS) is 16.5. The predicted molar refractivity (Wildman–Crippen MR) is 98.0 cm³/mol. The summed E-state index contributed by atoms with van der Waals surface area (Å²) < 4.78 is 2.08. The maximum absolute atomic E-state index is 4.50. The zero-order valence-electron chi connectivity index (χ0n) is 14.1. The van der Waals surface area contributed by atoms with Gasteiger partial charge in [0.1, 0.15) is 11.6 Å². The van der Waals surface area contributed by atoms with Crippen molar-refractivity contribution in [1.82, 2.24) is 19.7 Å². The van der Waals surface area contributed by atoms with Crippen molar-refractivity contribution in [3.8, 4) is 0 Å². The van der Waals surface area contributed by atoms with Crippen molar-refractivity contribution in [2.45, 2.75) is 32.2 Å². The highest BCUT2D eigenvalue weighted by molar-refractivity contribution is 5.68. The van der Waals surface area contributed by atoms with E-state index in [1.54, 1.807) is 0 Å². The molecule has 1 aliphatic carbocycles. The monoisotopic (exact) mass is 332 g/mol. The smallest absolute Gasteiger partial charge is 0.153 e.